The van der Waals surface area contributed by atoms with Gasteiger partial charge in [0, 0.05) is 0 Å². The molecule has 172 valence electrons. The first-order chi connectivity index (χ1) is 15.9. The summed E-state index contributed by atoms with van der Waals surface area (Å²) in [6, 6.07) is 16.9. The van der Waals surface area contributed by atoms with Gasteiger partial charge in [-0.05, 0) is 61.1 Å². The standard InChI is InChI=1S/C25H20F5NO2/c26-20-21(27)23(29)25(24(30)22(20)28)33-14-4-2-1-3-13-32-19-11-9-18(10-12-19)17-7-5-16(15-31)6-8-17/h5-12H,1-4,13-14H2. The number of rotatable bonds is 10. The van der Waals surface area contributed by atoms with Crippen molar-refractivity contribution in [1.29, 1.82) is 5.26 Å². The van der Waals surface area contributed by atoms with Crippen molar-refractivity contribution >= 4 is 0 Å². The molecule has 0 saturated carbocycles. The maximum atomic E-state index is 13.5. The van der Waals surface area contributed by atoms with E-state index in [1.807, 2.05) is 36.4 Å². The van der Waals surface area contributed by atoms with Crippen molar-refractivity contribution in [3.05, 3.63) is 83.2 Å². The van der Waals surface area contributed by atoms with Gasteiger partial charge in [0.1, 0.15) is 5.75 Å². The monoisotopic (exact) mass is 461 g/mol. The largest absolute Gasteiger partial charge is 0.494 e. The minimum Gasteiger partial charge on any atom is -0.494 e. The molecule has 3 aromatic rings. The summed E-state index contributed by atoms with van der Waals surface area (Å²) >= 11 is 0. The first-order valence-electron chi connectivity index (χ1n) is 10.3. The number of nitrogens with zero attached hydrogens (tertiary/aromatic N) is 1. The van der Waals surface area contributed by atoms with Crippen LogP contribution in [0.15, 0.2) is 48.5 Å². The third-order valence-electron chi connectivity index (χ3n) is 4.92. The Kier molecular flexibility index (Phi) is 8.25. The molecule has 0 N–H and O–H groups in total. The van der Waals surface area contributed by atoms with E-state index in [-0.39, 0.29) is 6.61 Å². The number of hydrogen-bond acceptors (Lipinski definition) is 3. The van der Waals surface area contributed by atoms with Crippen LogP contribution in [-0.4, -0.2) is 13.2 Å². The lowest BCUT2D eigenvalue weighted by atomic mass is 10.0. The number of hydrogen-bond donors (Lipinski definition) is 0. The smallest absolute Gasteiger partial charge is 0.206 e. The molecule has 3 rings (SSSR count). The third kappa shape index (κ3) is 6.01. The van der Waals surface area contributed by atoms with E-state index < -0.39 is 34.8 Å². The fourth-order valence-corrected chi connectivity index (χ4v) is 3.11. The van der Waals surface area contributed by atoms with Crippen molar-refractivity contribution in [3.63, 3.8) is 0 Å². The van der Waals surface area contributed by atoms with Gasteiger partial charge in [0.2, 0.25) is 29.1 Å². The first-order valence-corrected chi connectivity index (χ1v) is 10.3. The summed E-state index contributed by atoms with van der Waals surface area (Å²) in [5.74, 6) is -10.7. The zero-order valence-corrected chi connectivity index (χ0v) is 17.5. The van der Waals surface area contributed by atoms with Crippen LogP contribution in [0.2, 0.25) is 0 Å². The molecule has 0 aromatic heterocycles. The minimum atomic E-state index is -2.21. The van der Waals surface area contributed by atoms with Gasteiger partial charge in [0.05, 0.1) is 24.8 Å². The van der Waals surface area contributed by atoms with Crippen LogP contribution in [0.3, 0.4) is 0 Å². The molecule has 0 spiro atoms. The molecule has 0 aliphatic carbocycles. The number of nitriles is 1. The molecule has 0 fully saturated rings. The molecule has 8 heteroatoms. The van der Waals surface area contributed by atoms with Crippen molar-refractivity contribution in [3.8, 4) is 28.7 Å². The second-order valence-corrected chi connectivity index (χ2v) is 7.22. The van der Waals surface area contributed by atoms with E-state index in [2.05, 4.69) is 6.07 Å². The zero-order chi connectivity index (χ0) is 23.8. The van der Waals surface area contributed by atoms with Crippen molar-refractivity contribution in [2.45, 2.75) is 25.7 Å². The number of ether oxygens (including phenoxy) is 2. The summed E-state index contributed by atoms with van der Waals surface area (Å²) < 4.78 is 76.8. The van der Waals surface area contributed by atoms with Gasteiger partial charge in [0.25, 0.3) is 0 Å². The molecule has 0 saturated heterocycles. The lowest BCUT2D eigenvalue weighted by Crippen LogP contribution is -2.08. The Balaban J connectivity index is 1.35. The van der Waals surface area contributed by atoms with E-state index >= 15 is 0 Å². The van der Waals surface area contributed by atoms with Crippen LogP contribution in [-0.2, 0) is 0 Å². The van der Waals surface area contributed by atoms with Gasteiger partial charge in [0.15, 0.2) is 5.75 Å². The van der Waals surface area contributed by atoms with Gasteiger partial charge < -0.3 is 9.47 Å². The highest BCUT2D eigenvalue weighted by atomic mass is 19.2. The summed E-state index contributed by atoms with van der Waals surface area (Å²) in [5, 5.41) is 8.86. The van der Waals surface area contributed by atoms with E-state index in [9.17, 15) is 22.0 Å². The fraction of sp³-hybridized carbons (Fsp3) is 0.240. The molecule has 3 aromatic carbocycles. The molecule has 0 amide bonds. The Bertz CT molecular complexity index is 1100. The third-order valence-corrected chi connectivity index (χ3v) is 4.92. The molecule has 33 heavy (non-hydrogen) atoms. The maximum absolute atomic E-state index is 13.5. The second-order valence-electron chi connectivity index (χ2n) is 7.22. The maximum Gasteiger partial charge on any atom is 0.206 e. The Hall–Kier alpha value is -3.60. The number of halogens is 5. The van der Waals surface area contributed by atoms with Gasteiger partial charge in [-0.1, -0.05) is 24.3 Å². The second kappa shape index (κ2) is 11.3. The number of unbranched alkanes of at least 4 members (excludes halogenated alkanes) is 3. The average molecular weight is 461 g/mol. The van der Waals surface area contributed by atoms with Gasteiger partial charge in [-0.3, -0.25) is 0 Å². The van der Waals surface area contributed by atoms with Crippen LogP contribution in [0.5, 0.6) is 11.5 Å². The van der Waals surface area contributed by atoms with E-state index in [1.165, 1.54) is 0 Å². The molecular formula is C25H20F5NO2. The molecule has 3 nitrogen and oxygen atoms in total. The predicted molar refractivity (Wildman–Crippen MR) is 112 cm³/mol. The van der Waals surface area contributed by atoms with Gasteiger partial charge in [-0.25, -0.2) is 13.2 Å². The van der Waals surface area contributed by atoms with E-state index in [0.717, 1.165) is 24.0 Å². The van der Waals surface area contributed by atoms with Crippen molar-refractivity contribution < 1.29 is 31.4 Å². The quantitative estimate of drug-likeness (QED) is 0.142. The lowest BCUT2D eigenvalue weighted by Gasteiger charge is -2.10. The van der Waals surface area contributed by atoms with Crippen LogP contribution in [0, 0.1) is 40.4 Å². The molecular weight excluding hydrogens is 441 g/mol. The zero-order valence-electron chi connectivity index (χ0n) is 17.5. The number of benzene rings is 3. The SMILES string of the molecule is N#Cc1ccc(-c2ccc(OCCCCCCOc3c(F)c(F)c(F)c(F)c3F)cc2)cc1. The molecule has 0 unspecified atom stereocenters. The van der Waals surface area contributed by atoms with Crippen molar-refractivity contribution in [1.82, 2.24) is 0 Å². The summed E-state index contributed by atoms with van der Waals surface area (Å²) in [5.41, 5.74) is 2.59. The van der Waals surface area contributed by atoms with Gasteiger partial charge >= 0.3 is 0 Å². The Morgan fingerprint density at radius 1 is 0.576 bits per heavy atom. The summed E-state index contributed by atoms with van der Waals surface area (Å²) in [7, 11) is 0. The Morgan fingerprint density at radius 2 is 1.03 bits per heavy atom. The minimum absolute atomic E-state index is 0.171. The normalized spacial score (nSPS) is 10.7. The highest BCUT2D eigenvalue weighted by molar-refractivity contribution is 5.64. The predicted octanol–water partition coefficient (Wildman–Crippen LogP) is 6.94. The Labute approximate surface area is 188 Å². The van der Waals surface area contributed by atoms with E-state index in [4.69, 9.17) is 14.7 Å². The van der Waals surface area contributed by atoms with Crippen molar-refractivity contribution in [2.75, 3.05) is 13.2 Å². The summed E-state index contributed by atoms with van der Waals surface area (Å²) in [4.78, 5) is 0. The molecule has 0 heterocycles. The van der Waals surface area contributed by atoms with Gasteiger partial charge in [-0.2, -0.15) is 14.0 Å². The Morgan fingerprint density at radius 3 is 1.55 bits per heavy atom. The van der Waals surface area contributed by atoms with Crippen LogP contribution in [0.1, 0.15) is 31.2 Å². The topological polar surface area (TPSA) is 42.2 Å². The summed E-state index contributed by atoms with van der Waals surface area (Å²) in [6.07, 6.45) is 2.48. The first kappa shape index (κ1) is 24.1. The van der Waals surface area contributed by atoms with E-state index in [0.29, 0.717) is 30.8 Å². The molecule has 0 aliphatic heterocycles. The van der Waals surface area contributed by atoms with Crippen LogP contribution < -0.4 is 9.47 Å². The highest BCUT2D eigenvalue weighted by Gasteiger charge is 2.26. The summed E-state index contributed by atoms with van der Waals surface area (Å²) in [6.45, 7) is 0.296. The molecule has 0 bridgehead atoms. The fourth-order valence-electron chi connectivity index (χ4n) is 3.11. The highest BCUT2D eigenvalue weighted by Crippen LogP contribution is 2.29. The van der Waals surface area contributed by atoms with E-state index in [1.54, 1.807) is 12.1 Å². The lowest BCUT2D eigenvalue weighted by molar-refractivity contribution is 0.252. The molecule has 0 atom stereocenters. The van der Waals surface area contributed by atoms with Crippen molar-refractivity contribution in [2.24, 2.45) is 0 Å². The molecule has 0 aliphatic rings. The van der Waals surface area contributed by atoms with Crippen LogP contribution in [0.25, 0.3) is 11.1 Å². The van der Waals surface area contributed by atoms with Crippen LogP contribution >= 0.6 is 0 Å². The average Bonchev–Trinajstić information content (AvgIpc) is 2.85. The van der Waals surface area contributed by atoms with Gasteiger partial charge in [-0.15, -0.1) is 0 Å². The van der Waals surface area contributed by atoms with Crippen LogP contribution in [0.4, 0.5) is 22.0 Å². The molecule has 0 radical (unpaired) electrons.